The van der Waals surface area contributed by atoms with E-state index in [4.69, 9.17) is 17.4 Å². The number of fused-ring (bicyclic) bond motifs is 2. The molecule has 0 amide bonds. The van der Waals surface area contributed by atoms with Crippen molar-refractivity contribution < 1.29 is 0 Å². The third-order valence-electron chi connectivity index (χ3n) is 5.43. The first-order valence-electron chi connectivity index (χ1n) is 7.72. The molecule has 3 N–H and O–H groups in total. The molecule has 2 bridgehead atoms. The van der Waals surface area contributed by atoms with Crippen molar-refractivity contribution in [1.29, 1.82) is 0 Å². The first-order chi connectivity index (χ1) is 9.58. The molecule has 4 unspecified atom stereocenters. The summed E-state index contributed by atoms with van der Waals surface area (Å²) in [6.07, 6.45) is 7.79. The van der Waals surface area contributed by atoms with E-state index in [2.05, 4.69) is 10.5 Å². The zero-order valence-electron chi connectivity index (χ0n) is 12.4. The second-order valence-corrected chi connectivity index (χ2v) is 7.07. The minimum absolute atomic E-state index is 0.305. The van der Waals surface area contributed by atoms with Crippen molar-refractivity contribution in [1.82, 2.24) is 15.2 Å². The molecule has 112 valence electrons. The minimum Gasteiger partial charge on any atom is -0.271 e. The monoisotopic (exact) mass is 296 g/mol. The van der Waals surface area contributed by atoms with Crippen LogP contribution in [-0.2, 0) is 13.5 Å². The van der Waals surface area contributed by atoms with E-state index in [1.165, 1.54) is 32.1 Å². The summed E-state index contributed by atoms with van der Waals surface area (Å²) >= 11 is 6.33. The molecule has 0 spiro atoms. The lowest BCUT2D eigenvalue weighted by molar-refractivity contribution is 0.277. The average molecular weight is 297 g/mol. The Balaban J connectivity index is 1.65. The van der Waals surface area contributed by atoms with Crippen molar-refractivity contribution in [2.75, 3.05) is 0 Å². The summed E-state index contributed by atoms with van der Waals surface area (Å²) in [4.78, 5) is 0. The molecule has 2 aliphatic rings. The number of rotatable bonds is 5. The number of hydrogen-bond donors (Lipinski definition) is 2. The molecule has 0 radical (unpaired) electrons. The first-order valence-corrected chi connectivity index (χ1v) is 8.10. The summed E-state index contributed by atoms with van der Waals surface area (Å²) in [6, 6.07) is 0.305. The van der Waals surface area contributed by atoms with Crippen LogP contribution in [0, 0.1) is 24.7 Å². The summed E-state index contributed by atoms with van der Waals surface area (Å²) < 4.78 is 1.75. The summed E-state index contributed by atoms with van der Waals surface area (Å²) in [7, 11) is 1.89. The molecule has 2 fully saturated rings. The molecule has 2 saturated carbocycles. The van der Waals surface area contributed by atoms with Gasteiger partial charge in [0.25, 0.3) is 0 Å². The highest BCUT2D eigenvalue weighted by atomic mass is 35.5. The van der Waals surface area contributed by atoms with Gasteiger partial charge in [-0.2, -0.15) is 5.10 Å². The minimum atomic E-state index is 0.305. The molecule has 0 aromatic carbocycles. The van der Waals surface area contributed by atoms with Crippen LogP contribution in [0.5, 0.6) is 0 Å². The van der Waals surface area contributed by atoms with E-state index in [9.17, 15) is 0 Å². The van der Waals surface area contributed by atoms with Gasteiger partial charge in [-0.3, -0.25) is 16.0 Å². The maximum absolute atomic E-state index is 6.33. The van der Waals surface area contributed by atoms with E-state index < -0.39 is 0 Å². The van der Waals surface area contributed by atoms with Gasteiger partial charge in [0.05, 0.1) is 5.69 Å². The van der Waals surface area contributed by atoms with Crippen LogP contribution >= 0.6 is 11.6 Å². The van der Waals surface area contributed by atoms with Gasteiger partial charge < -0.3 is 0 Å². The molecule has 0 aliphatic heterocycles. The molecule has 3 rings (SSSR count). The largest absolute Gasteiger partial charge is 0.271 e. The van der Waals surface area contributed by atoms with Crippen molar-refractivity contribution in [2.45, 2.75) is 51.5 Å². The Morgan fingerprint density at radius 1 is 1.45 bits per heavy atom. The smallest absolute Gasteiger partial charge is 0.130 e. The van der Waals surface area contributed by atoms with E-state index in [-0.39, 0.29) is 0 Å². The zero-order chi connectivity index (χ0) is 14.3. The van der Waals surface area contributed by atoms with Crippen LogP contribution in [0.1, 0.15) is 43.4 Å². The molecule has 0 saturated heterocycles. The molecule has 1 heterocycles. The Morgan fingerprint density at radius 2 is 2.25 bits per heavy atom. The Morgan fingerprint density at radius 3 is 2.75 bits per heavy atom. The van der Waals surface area contributed by atoms with Gasteiger partial charge in [0.1, 0.15) is 5.15 Å². The van der Waals surface area contributed by atoms with E-state index in [0.29, 0.717) is 6.04 Å². The number of hydrazine groups is 1. The number of hydrogen-bond acceptors (Lipinski definition) is 3. The van der Waals surface area contributed by atoms with Crippen LogP contribution in [0.4, 0.5) is 0 Å². The second kappa shape index (κ2) is 5.66. The SMILES string of the molecule is Cc1nn(C)c(Cl)c1CC(CC1CC2CCC1C2)NN. The van der Waals surface area contributed by atoms with Crippen LogP contribution in [0.2, 0.25) is 5.15 Å². The number of aromatic nitrogens is 2. The summed E-state index contributed by atoms with van der Waals surface area (Å²) in [5.41, 5.74) is 5.16. The lowest BCUT2D eigenvalue weighted by Gasteiger charge is -2.26. The lowest BCUT2D eigenvalue weighted by atomic mass is 9.83. The van der Waals surface area contributed by atoms with Crippen molar-refractivity contribution in [3.8, 4) is 0 Å². The predicted octanol–water partition coefficient (Wildman–Crippen LogP) is 2.58. The Bertz CT molecular complexity index is 484. The third kappa shape index (κ3) is 2.61. The van der Waals surface area contributed by atoms with E-state index in [1.54, 1.807) is 4.68 Å². The van der Waals surface area contributed by atoms with Gasteiger partial charge in [-0.15, -0.1) is 0 Å². The fourth-order valence-corrected chi connectivity index (χ4v) is 4.64. The highest BCUT2D eigenvalue weighted by Crippen LogP contribution is 2.50. The predicted molar refractivity (Wildman–Crippen MR) is 81.3 cm³/mol. The summed E-state index contributed by atoms with van der Waals surface area (Å²) in [6.45, 7) is 2.02. The third-order valence-corrected chi connectivity index (χ3v) is 5.90. The molecular formula is C15H25ClN4. The number of nitrogens with one attached hydrogen (secondary N) is 1. The Kier molecular flexibility index (Phi) is 4.07. The first kappa shape index (κ1) is 14.4. The van der Waals surface area contributed by atoms with Crippen LogP contribution in [0.3, 0.4) is 0 Å². The second-order valence-electron chi connectivity index (χ2n) is 6.72. The van der Waals surface area contributed by atoms with Crippen LogP contribution in [0.25, 0.3) is 0 Å². The highest BCUT2D eigenvalue weighted by molar-refractivity contribution is 6.30. The fraction of sp³-hybridized carbons (Fsp3) is 0.800. The van der Waals surface area contributed by atoms with Gasteiger partial charge >= 0.3 is 0 Å². The van der Waals surface area contributed by atoms with Crippen LogP contribution in [-0.4, -0.2) is 15.8 Å². The molecule has 20 heavy (non-hydrogen) atoms. The maximum atomic E-state index is 6.33. The average Bonchev–Trinajstić information content (AvgIpc) is 3.09. The van der Waals surface area contributed by atoms with Crippen molar-refractivity contribution in [2.24, 2.45) is 30.6 Å². The van der Waals surface area contributed by atoms with Crippen LogP contribution < -0.4 is 11.3 Å². The standard InChI is InChI=1S/C15H25ClN4/c1-9-14(15(16)20(2)19-9)8-13(18-17)7-12-6-10-3-4-11(12)5-10/h10-13,18H,3-8,17H2,1-2H3. The number of nitrogens with zero attached hydrogens (tertiary/aromatic N) is 2. The van der Waals surface area contributed by atoms with Gasteiger partial charge in [-0.1, -0.05) is 18.0 Å². The van der Waals surface area contributed by atoms with Crippen molar-refractivity contribution in [3.05, 3.63) is 16.4 Å². The van der Waals surface area contributed by atoms with Gasteiger partial charge in [-0.25, -0.2) is 0 Å². The number of halogens is 1. The summed E-state index contributed by atoms with van der Waals surface area (Å²) in [5, 5.41) is 5.13. The van der Waals surface area contributed by atoms with Crippen molar-refractivity contribution in [3.63, 3.8) is 0 Å². The number of nitrogens with two attached hydrogens (primary N) is 1. The number of aryl methyl sites for hydroxylation is 2. The van der Waals surface area contributed by atoms with E-state index in [0.717, 1.165) is 40.6 Å². The molecule has 4 atom stereocenters. The van der Waals surface area contributed by atoms with Gasteiger partial charge in [0.15, 0.2) is 0 Å². The molecule has 1 aromatic rings. The molecular weight excluding hydrogens is 272 g/mol. The van der Waals surface area contributed by atoms with Gasteiger partial charge in [0.2, 0.25) is 0 Å². The molecule has 2 aliphatic carbocycles. The zero-order valence-corrected chi connectivity index (χ0v) is 13.2. The highest BCUT2D eigenvalue weighted by Gasteiger charge is 2.40. The van der Waals surface area contributed by atoms with E-state index in [1.807, 2.05) is 14.0 Å². The normalized spacial score (nSPS) is 30.1. The summed E-state index contributed by atoms with van der Waals surface area (Å²) in [5.74, 6) is 8.57. The molecule has 5 heteroatoms. The van der Waals surface area contributed by atoms with Crippen LogP contribution in [0.15, 0.2) is 0 Å². The Labute approximate surface area is 126 Å². The van der Waals surface area contributed by atoms with Gasteiger partial charge in [-0.05, 0) is 56.8 Å². The Hall–Kier alpha value is -0.580. The quantitative estimate of drug-likeness (QED) is 0.649. The molecule has 4 nitrogen and oxygen atoms in total. The fourth-order valence-electron chi connectivity index (χ4n) is 4.39. The van der Waals surface area contributed by atoms with E-state index >= 15 is 0 Å². The molecule has 1 aromatic heterocycles. The maximum Gasteiger partial charge on any atom is 0.130 e. The lowest BCUT2D eigenvalue weighted by Crippen LogP contribution is -2.39. The van der Waals surface area contributed by atoms with Gasteiger partial charge in [0, 0.05) is 18.7 Å². The topological polar surface area (TPSA) is 55.9 Å². The van der Waals surface area contributed by atoms with Crippen molar-refractivity contribution >= 4 is 11.6 Å².